The summed E-state index contributed by atoms with van der Waals surface area (Å²) in [6.45, 7) is 1.88. The summed E-state index contributed by atoms with van der Waals surface area (Å²) < 4.78 is 11.2. The van der Waals surface area contributed by atoms with Crippen LogP contribution in [-0.4, -0.2) is 66.8 Å². The molecule has 0 spiro atoms. The highest BCUT2D eigenvalue weighted by atomic mass is 32.2. The van der Waals surface area contributed by atoms with Crippen LogP contribution in [0.4, 0.5) is 11.4 Å². The van der Waals surface area contributed by atoms with Crippen LogP contribution in [0.3, 0.4) is 0 Å². The van der Waals surface area contributed by atoms with Gasteiger partial charge in [-0.1, -0.05) is 12.1 Å². The van der Waals surface area contributed by atoms with Gasteiger partial charge in [-0.15, -0.1) is 11.8 Å². The zero-order valence-corrected chi connectivity index (χ0v) is 17.7. The lowest BCUT2D eigenvalue weighted by atomic mass is 10.1. The molecular weight excluding hydrogens is 422 g/mol. The summed E-state index contributed by atoms with van der Waals surface area (Å²) in [6, 6.07) is 11.4. The number of fused-ring (bicyclic) bond motifs is 1. The Labute approximate surface area is 183 Å². The molecule has 0 bridgehead atoms. The first-order chi connectivity index (χ1) is 15.0. The number of thioether (sulfide) groups is 1. The molecule has 0 radical (unpaired) electrons. The number of anilines is 1. The molecule has 1 unspecified atom stereocenters. The number of benzene rings is 2. The molecule has 0 aliphatic carbocycles. The number of para-hydroxylation sites is 2. The lowest BCUT2D eigenvalue weighted by Gasteiger charge is -2.37. The van der Waals surface area contributed by atoms with Gasteiger partial charge in [-0.05, 0) is 30.5 Å². The maximum atomic E-state index is 13.4. The second kappa shape index (κ2) is 8.94. The van der Waals surface area contributed by atoms with Crippen LogP contribution >= 0.6 is 11.8 Å². The Morgan fingerprint density at radius 1 is 1.16 bits per heavy atom. The Balaban J connectivity index is 1.66. The largest absolute Gasteiger partial charge is 0.476 e. The van der Waals surface area contributed by atoms with E-state index in [0.29, 0.717) is 42.6 Å². The van der Waals surface area contributed by atoms with Crippen molar-refractivity contribution >= 4 is 35.0 Å². The number of hydrogen-bond acceptors (Lipinski definition) is 7. The summed E-state index contributed by atoms with van der Waals surface area (Å²) in [7, 11) is 0. The van der Waals surface area contributed by atoms with Crippen LogP contribution in [0.15, 0.2) is 47.4 Å². The molecule has 0 saturated carbocycles. The Kier molecular flexibility index (Phi) is 6.10. The molecule has 1 saturated heterocycles. The smallest absolute Gasteiger partial charge is 0.283 e. The number of carbonyl (C=O) groups excluding carboxylic acids is 2. The van der Waals surface area contributed by atoms with Crippen molar-refractivity contribution in [1.29, 1.82) is 0 Å². The molecule has 0 N–H and O–H groups in total. The zero-order valence-electron chi connectivity index (χ0n) is 16.9. The maximum absolute atomic E-state index is 13.4. The van der Waals surface area contributed by atoms with Gasteiger partial charge in [0.2, 0.25) is 0 Å². The lowest BCUT2D eigenvalue weighted by molar-refractivity contribution is -0.387. The van der Waals surface area contributed by atoms with E-state index in [0.717, 1.165) is 0 Å². The molecule has 2 aliphatic heterocycles. The molecule has 2 aromatic rings. The van der Waals surface area contributed by atoms with Crippen molar-refractivity contribution in [3.63, 3.8) is 0 Å². The summed E-state index contributed by atoms with van der Waals surface area (Å²) in [5.74, 6) is -0.213. The number of hydrogen-bond donors (Lipinski definition) is 0. The average molecular weight is 443 g/mol. The van der Waals surface area contributed by atoms with Gasteiger partial charge in [0, 0.05) is 24.7 Å². The molecule has 2 heterocycles. The van der Waals surface area contributed by atoms with E-state index in [1.54, 1.807) is 47.6 Å². The summed E-state index contributed by atoms with van der Waals surface area (Å²) in [5.41, 5.74) is 0.578. The maximum Gasteiger partial charge on any atom is 0.283 e. The number of ether oxygens (including phenoxy) is 2. The third kappa shape index (κ3) is 4.21. The molecule has 9 nitrogen and oxygen atoms in total. The van der Waals surface area contributed by atoms with Crippen molar-refractivity contribution in [3.8, 4) is 5.75 Å². The van der Waals surface area contributed by atoms with E-state index in [4.69, 9.17) is 9.47 Å². The Hall–Kier alpha value is -3.11. The van der Waals surface area contributed by atoms with Crippen LogP contribution < -0.4 is 9.64 Å². The number of morpholine rings is 1. The fourth-order valence-corrected chi connectivity index (χ4v) is 4.21. The van der Waals surface area contributed by atoms with E-state index in [2.05, 4.69) is 0 Å². The van der Waals surface area contributed by atoms with Gasteiger partial charge in [0.15, 0.2) is 6.10 Å². The summed E-state index contributed by atoms with van der Waals surface area (Å²) in [6.07, 6.45) is 0.876. The molecule has 0 aromatic heterocycles. The van der Waals surface area contributed by atoms with Crippen LogP contribution in [-0.2, 0) is 9.53 Å². The van der Waals surface area contributed by atoms with Gasteiger partial charge in [0.25, 0.3) is 17.5 Å². The van der Waals surface area contributed by atoms with Crippen molar-refractivity contribution in [3.05, 3.63) is 58.1 Å². The third-order valence-corrected chi connectivity index (χ3v) is 6.02. The van der Waals surface area contributed by atoms with Gasteiger partial charge in [-0.25, -0.2) is 0 Å². The first kappa shape index (κ1) is 21.1. The molecule has 1 atom stereocenters. The molecule has 4 rings (SSSR count). The van der Waals surface area contributed by atoms with Crippen molar-refractivity contribution in [2.75, 3.05) is 44.0 Å². The standard InChI is InChI=1S/C21H21N3O6S/c1-31-19-7-6-14(12-16(19)24(27)28)20(25)23-13-18(21(26)22-8-10-29-11-9-22)30-17-5-3-2-4-15(17)23/h2-7,12,18H,8-11,13H2,1H3. The molecule has 162 valence electrons. The quantitative estimate of drug-likeness (QED) is 0.407. The Morgan fingerprint density at radius 2 is 1.90 bits per heavy atom. The SMILES string of the molecule is CSc1ccc(C(=O)N2CC(C(=O)N3CCOCC3)Oc3ccccc32)cc1[N+](=O)[O-]. The van der Waals surface area contributed by atoms with Crippen LogP contribution in [0, 0.1) is 10.1 Å². The van der Waals surface area contributed by atoms with Gasteiger partial charge < -0.3 is 19.3 Å². The van der Waals surface area contributed by atoms with Gasteiger partial charge in [-0.2, -0.15) is 0 Å². The van der Waals surface area contributed by atoms with Gasteiger partial charge in [0.05, 0.1) is 35.3 Å². The molecule has 2 amide bonds. The van der Waals surface area contributed by atoms with Gasteiger partial charge in [-0.3, -0.25) is 19.7 Å². The molecule has 2 aliphatic rings. The summed E-state index contributed by atoms with van der Waals surface area (Å²) in [4.78, 5) is 40.9. The fraction of sp³-hybridized carbons (Fsp3) is 0.333. The van der Waals surface area contributed by atoms with E-state index in [-0.39, 0.29) is 23.7 Å². The van der Waals surface area contributed by atoms with E-state index >= 15 is 0 Å². The zero-order chi connectivity index (χ0) is 22.0. The normalized spacial score (nSPS) is 18.2. The number of nitrogens with zero attached hydrogens (tertiary/aromatic N) is 3. The summed E-state index contributed by atoms with van der Waals surface area (Å²) in [5, 5.41) is 11.4. The van der Waals surface area contributed by atoms with Crippen molar-refractivity contribution in [1.82, 2.24) is 4.90 Å². The van der Waals surface area contributed by atoms with Crippen LogP contribution in [0.5, 0.6) is 5.75 Å². The third-order valence-electron chi connectivity index (χ3n) is 5.24. The minimum absolute atomic E-state index is 0.0180. The van der Waals surface area contributed by atoms with Gasteiger partial charge >= 0.3 is 0 Å². The predicted octanol–water partition coefficient (Wildman–Crippen LogP) is 2.58. The minimum Gasteiger partial charge on any atom is -0.476 e. The minimum atomic E-state index is -0.864. The number of rotatable bonds is 4. The highest BCUT2D eigenvalue weighted by Crippen LogP contribution is 2.35. The predicted molar refractivity (Wildman–Crippen MR) is 115 cm³/mol. The number of nitro groups is 1. The topological polar surface area (TPSA) is 102 Å². The highest BCUT2D eigenvalue weighted by molar-refractivity contribution is 7.98. The van der Waals surface area contributed by atoms with Crippen molar-refractivity contribution < 1.29 is 24.0 Å². The molecule has 10 heteroatoms. The molecule has 1 fully saturated rings. The lowest BCUT2D eigenvalue weighted by Crippen LogP contribution is -2.54. The Bertz CT molecular complexity index is 1020. The summed E-state index contributed by atoms with van der Waals surface area (Å²) >= 11 is 1.24. The monoisotopic (exact) mass is 443 g/mol. The Morgan fingerprint density at radius 3 is 2.61 bits per heavy atom. The van der Waals surface area contributed by atoms with E-state index < -0.39 is 16.9 Å². The van der Waals surface area contributed by atoms with E-state index in [9.17, 15) is 19.7 Å². The number of carbonyl (C=O) groups is 2. The van der Waals surface area contributed by atoms with Crippen LogP contribution in [0.25, 0.3) is 0 Å². The second-order valence-corrected chi connectivity index (χ2v) is 7.92. The second-order valence-electron chi connectivity index (χ2n) is 7.07. The van der Waals surface area contributed by atoms with Crippen molar-refractivity contribution in [2.24, 2.45) is 0 Å². The highest BCUT2D eigenvalue weighted by Gasteiger charge is 2.37. The van der Waals surface area contributed by atoms with Crippen molar-refractivity contribution in [2.45, 2.75) is 11.0 Å². The number of nitro benzene ring substituents is 1. The fourth-order valence-electron chi connectivity index (χ4n) is 3.66. The molecular formula is C21H21N3O6S. The van der Waals surface area contributed by atoms with Crippen LogP contribution in [0.1, 0.15) is 10.4 Å². The van der Waals surface area contributed by atoms with E-state index in [1.807, 2.05) is 0 Å². The molecule has 31 heavy (non-hydrogen) atoms. The molecule has 2 aromatic carbocycles. The van der Waals surface area contributed by atoms with Gasteiger partial charge in [0.1, 0.15) is 5.75 Å². The first-order valence-electron chi connectivity index (χ1n) is 9.76. The first-order valence-corrected chi connectivity index (χ1v) is 11.0. The van der Waals surface area contributed by atoms with Crippen LogP contribution in [0.2, 0.25) is 0 Å². The van der Waals surface area contributed by atoms with E-state index in [1.165, 1.54) is 22.7 Å². The average Bonchev–Trinajstić information content (AvgIpc) is 2.82. The number of amides is 2.